The second-order valence-electron chi connectivity index (χ2n) is 9.21. The Balaban J connectivity index is 1.61. The van der Waals surface area contributed by atoms with Crippen molar-refractivity contribution in [3.05, 3.63) is 106 Å². The lowest BCUT2D eigenvalue weighted by Gasteiger charge is -2.39. The molecule has 40 heavy (non-hydrogen) atoms. The number of para-hydroxylation sites is 1. The molecule has 10 heteroatoms. The maximum atomic E-state index is 14.2. The summed E-state index contributed by atoms with van der Waals surface area (Å²) >= 11 is 12.3. The summed E-state index contributed by atoms with van der Waals surface area (Å²) in [7, 11) is 0. The van der Waals surface area contributed by atoms with Crippen LogP contribution in [-0.4, -0.2) is 35.7 Å². The molecule has 0 bridgehead atoms. The lowest BCUT2D eigenvalue weighted by molar-refractivity contribution is -0.159. The van der Waals surface area contributed by atoms with Crippen LogP contribution in [0.5, 0.6) is 5.75 Å². The molecule has 1 aliphatic carbocycles. The normalized spacial score (nSPS) is 18.2. The summed E-state index contributed by atoms with van der Waals surface area (Å²) in [6.07, 6.45) is 4.28. The number of aromatic nitrogens is 1. The average molecular weight is 583 g/mol. The quantitative estimate of drug-likeness (QED) is 0.276. The van der Waals surface area contributed by atoms with Crippen molar-refractivity contribution in [2.45, 2.75) is 31.8 Å². The van der Waals surface area contributed by atoms with Crippen molar-refractivity contribution < 1.29 is 28.2 Å². The number of carbonyl (C=O) groups excluding carboxylic acids is 2. The maximum Gasteiger partial charge on any atom is 0.355 e. The molecule has 2 aliphatic rings. The Morgan fingerprint density at radius 2 is 1.88 bits per heavy atom. The number of hydrogen-bond donors (Lipinski definition) is 0. The van der Waals surface area contributed by atoms with Gasteiger partial charge in [-0.1, -0.05) is 23.7 Å². The van der Waals surface area contributed by atoms with E-state index in [0.717, 1.165) is 11.8 Å². The molecule has 0 spiro atoms. The van der Waals surface area contributed by atoms with E-state index in [1.807, 2.05) is 0 Å². The Morgan fingerprint density at radius 3 is 2.60 bits per heavy atom. The van der Waals surface area contributed by atoms with Gasteiger partial charge in [0.2, 0.25) is 5.60 Å². The topological polar surface area (TPSA) is 78.0 Å². The summed E-state index contributed by atoms with van der Waals surface area (Å²) in [4.78, 5) is 33.2. The van der Waals surface area contributed by atoms with E-state index in [1.165, 1.54) is 17.0 Å². The predicted octanol–water partition coefficient (Wildman–Crippen LogP) is 7.12. The molecule has 0 radical (unpaired) electrons. The van der Waals surface area contributed by atoms with Gasteiger partial charge in [0.15, 0.2) is 5.22 Å². The van der Waals surface area contributed by atoms with Gasteiger partial charge in [0.05, 0.1) is 24.1 Å². The monoisotopic (exact) mass is 582 g/mol. The Morgan fingerprint density at radius 1 is 1.10 bits per heavy atom. The Kier molecular flexibility index (Phi) is 8.09. The summed E-state index contributed by atoms with van der Waals surface area (Å²) in [5.41, 5.74) is 0.520. The first-order valence-corrected chi connectivity index (χ1v) is 13.5. The fourth-order valence-corrected chi connectivity index (χ4v) is 5.17. The van der Waals surface area contributed by atoms with Gasteiger partial charge in [-0.15, -0.1) is 0 Å². The molecule has 0 fully saturated rings. The van der Waals surface area contributed by atoms with E-state index < -0.39 is 23.3 Å². The van der Waals surface area contributed by atoms with E-state index in [4.69, 9.17) is 37.4 Å². The van der Waals surface area contributed by atoms with Crippen LogP contribution >= 0.6 is 23.2 Å². The van der Waals surface area contributed by atoms with E-state index in [2.05, 4.69) is 4.98 Å². The molecule has 206 valence electrons. The van der Waals surface area contributed by atoms with Crippen molar-refractivity contribution in [1.82, 2.24) is 4.98 Å². The molecule has 0 saturated carbocycles. The lowest BCUT2D eigenvalue weighted by Crippen LogP contribution is -2.50. The number of nitrogens with zero attached hydrogens (tertiary/aromatic N) is 2. The standard InChI is InChI=1S/C30H25Cl2FN2O5/c1-2-38-29(37)30(15-5-6-19-18-39-26(32)16-24(19)30)40-25-8-4-3-7-23(25)28(36)35(22-12-9-20(31)10-13-22)27-14-11-21(33)17-34-27/h3-4,7-14,16-17H,2,5-6,15,18H2,1H3. The third-order valence-electron chi connectivity index (χ3n) is 6.70. The minimum Gasteiger partial charge on any atom is -0.478 e. The zero-order chi connectivity index (χ0) is 28.3. The minimum atomic E-state index is -1.54. The zero-order valence-corrected chi connectivity index (χ0v) is 23.0. The molecule has 0 N–H and O–H groups in total. The minimum absolute atomic E-state index is 0.138. The number of benzene rings is 2. The second-order valence-corrected chi connectivity index (χ2v) is 10.0. The highest BCUT2D eigenvalue weighted by Crippen LogP contribution is 2.43. The van der Waals surface area contributed by atoms with Crippen molar-refractivity contribution in [2.75, 3.05) is 18.1 Å². The fraction of sp³-hybridized carbons (Fsp3) is 0.233. The molecule has 1 atom stereocenters. The first-order valence-electron chi connectivity index (χ1n) is 12.7. The first kappa shape index (κ1) is 27.7. The summed E-state index contributed by atoms with van der Waals surface area (Å²) in [5, 5.41) is 0.617. The van der Waals surface area contributed by atoms with E-state index in [9.17, 15) is 14.0 Å². The molecular formula is C30H25Cl2FN2O5. The number of rotatable bonds is 7. The van der Waals surface area contributed by atoms with Crippen LogP contribution in [0.1, 0.15) is 36.5 Å². The predicted molar refractivity (Wildman–Crippen MR) is 149 cm³/mol. The van der Waals surface area contributed by atoms with Crippen LogP contribution in [0.25, 0.3) is 0 Å². The van der Waals surface area contributed by atoms with Gasteiger partial charge in [-0.3, -0.25) is 9.69 Å². The lowest BCUT2D eigenvalue weighted by atomic mass is 9.78. The number of halogens is 3. The van der Waals surface area contributed by atoms with Gasteiger partial charge in [-0.2, -0.15) is 0 Å². The third-order valence-corrected chi connectivity index (χ3v) is 7.17. The van der Waals surface area contributed by atoms with Gasteiger partial charge < -0.3 is 14.2 Å². The first-order chi connectivity index (χ1) is 19.3. The van der Waals surface area contributed by atoms with Gasteiger partial charge in [0, 0.05) is 23.1 Å². The highest BCUT2D eigenvalue weighted by molar-refractivity contribution is 6.30. The Hall–Kier alpha value is -3.88. The number of hydrogen-bond acceptors (Lipinski definition) is 6. The van der Waals surface area contributed by atoms with Crippen LogP contribution in [0.3, 0.4) is 0 Å². The fourth-order valence-electron chi connectivity index (χ4n) is 4.88. The van der Waals surface area contributed by atoms with Crippen molar-refractivity contribution in [3.63, 3.8) is 0 Å². The van der Waals surface area contributed by atoms with Gasteiger partial charge in [0.1, 0.15) is 24.0 Å². The zero-order valence-electron chi connectivity index (χ0n) is 21.5. The van der Waals surface area contributed by atoms with Crippen molar-refractivity contribution in [1.29, 1.82) is 0 Å². The van der Waals surface area contributed by atoms with Gasteiger partial charge in [0.25, 0.3) is 5.91 Å². The molecular weight excluding hydrogens is 558 g/mol. The Labute approximate surface area is 240 Å². The third kappa shape index (κ3) is 5.42. The molecule has 1 unspecified atom stereocenters. The molecule has 3 aromatic rings. The highest BCUT2D eigenvalue weighted by atomic mass is 35.5. The molecule has 1 aromatic heterocycles. The largest absolute Gasteiger partial charge is 0.478 e. The number of carbonyl (C=O) groups is 2. The molecule has 1 amide bonds. The van der Waals surface area contributed by atoms with Gasteiger partial charge in [-0.25, -0.2) is 14.2 Å². The van der Waals surface area contributed by atoms with Gasteiger partial charge in [-0.05, 0) is 85.5 Å². The van der Waals surface area contributed by atoms with E-state index in [-0.39, 0.29) is 35.6 Å². The van der Waals surface area contributed by atoms with Crippen LogP contribution < -0.4 is 9.64 Å². The van der Waals surface area contributed by atoms with Gasteiger partial charge >= 0.3 is 5.97 Å². The van der Waals surface area contributed by atoms with E-state index in [1.54, 1.807) is 61.5 Å². The van der Waals surface area contributed by atoms with E-state index in [0.29, 0.717) is 35.5 Å². The molecule has 5 rings (SSSR count). The number of anilines is 2. The van der Waals surface area contributed by atoms with Crippen LogP contribution in [0.2, 0.25) is 5.02 Å². The van der Waals surface area contributed by atoms with Crippen molar-refractivity contribution in [2.24, 2.45) is 0 Å². The van der Waals surface area contributed by atoms with Crippen LogP contribution in [0, 0.1) is 5.82 Å². The summed E-state index contributed by atoms with van der Waals surface area (Å²) < 4.78 is 31.3. The summed E-state index contributed by atoms with van der Waals surface area (Å²) in [5.74, 6) is -1.29. The number of esters is 1. The summed E-state index contributed by atoms with van der Waals surface area (Å²) in [6, 6.07) is 15.8. The molecule has 7 nitrogen and oxygen atoms in total. The number of pyridine rings is 1. The SMILES string of the molecule is CCOC(=O)C1(Oc2ccccc2C(=O)N(c2ccc(Cl)cc2)c2ccc(F)cn2)CCCC2=C1C=C(Cl)OC2. The second kappa shape index (κ2) is 11.7. The smallest absolute Gasteiger partial charge is 0.355 e. The molecule has 2 heterocycles. The van der Waals surface area contributed by atoms with Crippen LogP contribution in [0.4, 0.5) is 15.9 Å². The van der Waals surface area contributed by atoms with Crippen molar-refractivity contribution in [3.8, 4) is 5.75 Å². The molecule has 1 aliphatic heterocycles. The number of ether oxygens (including phenoxy) is 3. The maximum absolute atomic E-state index is 14.2. The average Bonchev–Trinajstić information content (AvgIpc) is 2.96. The van der Waals surface area contributed by atoms with E-state index >= 15 is 0 Å². The van der Waals surface area contributed by atoms with Crippen molar-refractivity contribution >= 4 is 46.6 Å². The highest BCUT2D eigenvalue weighted by Gasteiger charge is 2.50. The van der Waals surface area contributed by atoms with Crippen LogP contribution in [-0.2, 0) is 14.3 Å². The van der Waals surface area contributed by atoms with Crippen LogP contribution in [0.15, 0.2) is 89.3 Å². The summed E-state index contributed by atoms with van der Waals surface area (Å²) in [6.45, 7) is 2.09. The molecule has 0 saturated heterocycles. The number of amides is 1. The molecule has 2 aromatic carbocycles. The Bertz CT molecular complexity index is 1450.